The van der Waals surface area contributed by atoms with Crippen molar-refractivity contribution in [1.29, 1.82) is 0 Å². The number of aromatic amines is 2. The standard InChI is InChI=1S/C41H51N9O6S/c1-22(2)32(47-40(53)55-5)38(51)49-17-7-9-30(49)36-42-19-28(45-36)25-13-11-24(12-14-25)26-15-16-27(35-34(26)44-21-57-35)29-20-43-37(46-29)31-10-8-18-50(31)39(52)33(23(3)4)48-41(54)56-6/h11-16,19-23,30-33,38,51H,7-10,17-18H2,1-6H3,(H,42,45)(H,43,46)(H,47,53)(H,48,54). The van der Waals surface area contributed by atoms with Gasteiger partial charge >= 0.3 is 12.2 Å². The molecule has 7 rings (SSSR count). The van der Waals surface area contributed by atoms with Gasteiger partial charge in [0.05, 0.1) is 71.9 Å². The number of rotatable bonds is 12. The summed E-state index contributed by atoms with van der Waals surface area (Å²) in [6.07, 6.45) is 4.89. The fraction of sp³-hybridized carbons (Fsp3) is 0.463. The van der Waals surface area contributed by atoms with E-state index in [1.807, 2.05) is 55.4 Å². The van der Waals surface area contributed by atoms with Crippen LogP contribution < -0.4 is 10.6 Å². The monoisotopic (exact) mass is 797 g/mol. The molecule has 2 fully saturated rings. The number of carbonyl (C=O) groups excluding carboxylic acids is 3. The largest absolute Gasteiger partial charge is 0.453 e. The normalized spacial score (nSPS) is 18.9. The third kappa shape index (κ3) is 8.11. The summed E-state index contributed by atoms with van der Waals surface area (Å²) < 4.78 is 10.6. The molecule has 3 aromatic heterocycles. The molecule has 302 valence electrons. The number of H-pyrrole nitrogens is 2. The van der Waals surface area contributed by atoms with E-state index in [0.29, 0.717) is 18.9 Å². The van der Waals surface area contributed by atoms with Crippen LogP contribution >= 0.6 is 11.3 Å². The molecule has 2 aliphatic rings. The molecule has 5 unspecified atom stereocenters. The van der Waals surface area contributed by atoms with Gasteiger partial charge in [-0.25, -0.2) is 24.5 Å². The van der Waals surface area contributed by atoms with Crippen molar-refractivity contribution in [3.05, 3.63) is 66.0 Å². The van der Waals surface area contributed by atoms with E-state index in [-0.39, 0.29) is 29.8 Å². The van der Waals surface area contributed by atoms with Crippen molar-refractivity contribution >= 4 is 39.6 Å². The highest BCUT2D eigenvalue weighted by atomic mass is 32.1. The van der Waals surface area contributed by atoms with Gasteiger partial charge in [0.2, 0.25) is 5.91 Å². The summed E-state index contributed by atoms with van der Waals surface area (Å²) in [6, 6.07) is 10.9. The molecule has 5 aromatic rings. The SMILES string of the molecule is COC(=O)NC(C(=O)N1CCCC1c1ncc(-c2ccc(-c3ccc(-c4cnc(C5CCCN5C(O)C(NC(=O)OC)C(C)C)[nH]4)cc3)c3ncsc23)[nH]1)C(C)C. The predicted octanol–water partition coefficient (Wildman–Crippen LogP) is 6.62. The van der Waals surface area contributed by atoms with Crippen molar-refractivity contribution in [2.45, 2.75) is 83.8 Å². The van der Waals surface area contributed by atoms with Crippen LogP contribution in [0.15, 0.2) is 54.3 Å². The summed E-state index contributed by atoms with van der Waals surface area (Å²) in [4.78, 5) is 62.7. The second kappa shape index (κ2) is 17.0. The Morgan fingerprint density at radius 1 is 0.789 bits per heavy atom. The predicted molar refractivity (Wildman–Crippen MR) is 217 cm³/mol. The summed E-state index contributed by atoms with van der Waals surface area (Å²) in [5, 5.41) is 16.9. The molecule has 3 amide bonds. The molecule has 0 spiro atoms. The number of alkyl carbamates (subject to hydrolysis) is 2. The first-order chi connectivity index (χ1) is 27.5. The highest BCUT2D eigenvalue weighted by Crippen LogP contribution is 2.39. The molecule has 2 saturated heterocycles. The molecule has 0 saturated carbocycles. The lowest BCUT2D eigenvalue weighted by Crippen LogP contribution is -2.54. The Bertz CT molecular complexity index is 2200. The number of methoxy groups -OCH3 is 2. The summed E-state index contributed by atoms with van der Waals surface area (Å²) in [5.74, 6) is 1.21. The molecule has 5 N–H and O–H groups in total. The zero-order valence-corrected chi connectivity index (χ0v) is 33.9. The molecule has 0 aliphatic carbocycles. The molecule has 5 heterocycles. The molecule has 2 aliphatic heterocycles. The summed E-state index contributed by atoms with van der Waals surface area (Å²) in [7, 11) is 2.61. The Morgan fingerprint density at radius 3 is 2.11 bits per heavy atom. The minimum absolute atomic E-state index is 0.0134. The first-order valence-electron chi connectivity index (χ1n) is 19.5. The van der Waals surface area contributed by atoms with E-state index in [1.54, 1.807) is 11.3 Å². The number of nitrogens with one attached hydrogen (secondary N) is 4. The summed E-state index contributed by atoms with van der Waals surface area (Å²) in [5.41, 5.74) is 8.44. The van der Waals surface area contributed by atoms with Gasteiger partial charge in [-0.2, -0.15) is 0 Å². The van der Waals surface area contributed by atoms with Crippen molar-refractivity contribution < 1.29 is 29.0 Å². The zero-order chi connectivity index (χ0) is 40.4. The maximum Gasteiger partial charge on any atom is 0.407 e. The van der Waals surface area contributed by atoms with Crippen LogP contribution in [0.4, 0.5) is 9.59 Å². The van der Waals surface area contributed by atoms with Gasteiger partial charge in [0.1, 0.15) is 23.9 Å². The maximum absolute atomic E-state index is 13.7. The van der Waals surface area contributed by atoms with Gasteiger partial charge in [0.15, 0.2) is 0 Å². The second-order valence-corrected chi connectivity index (χ2v) is 16.2. The van der Waals surface area contributed by atoms with Gasteiger partial charge in [0.25, 0.3) is 0 Å². The van der Waals surface area contributed by atoms with Crippen LogP contribution in [0.3, 0.4) is 0 Å². The highest BCUT2D eigenvalue weighted by molar-refractivity contribution is 7.17. The lowest BCUT2D eigenvalue weighted by Gasteiger charge is -2.35. The molecular weight excluding hydrogens is 747 g/mol. The minimum atomic E-state index is -0.900. The number of fused-ring (bicyclic) bond motifs is 1. The number of aliphatic hydroxyl groups is 1. The smallest absolute Gasteiger partial charge is 0.407 e. The first-order valence-corrected chi connectivity index (χ1v) is 20.4. The fourth-order valence-electron chi connectivity index (χ4n) is 8.10. The highest BCUT2D eigenvalue weighted by Gasteiger charge is 2.39. The van der Waals surface area contributed by atoms with Gasteiger partial charge in [-0.3, -0.25) is 9.69 Å². The zero-order valence-electron chi connectivity index (χ0n) is 33.1. The van der Waals surface area contributed by atoms with E-state index in [2.05, 4.69) is 57.0 Å². The van der Waals surface area contributed by atoms with E-state index < -0.39 is 30.5 Å². The molecule has 0 radical (unpaired) electrons. The molecular formula is C41H51N9O6S. The van der Waals surface area contributed by atoms with Gasteiger partial charge in [-0.1, -0.05) is 64.1 Å². The number of aliphatic hydroxyl groups excluding tert-OH is 1. The van der Waals surface area contributed by atoms with Crippen LogP contribution in [0.5, 0.6) is 0 Å². The Labute approximate surface area is 335 Å². The van der Waals surface area contributed by atoms with Crippen molar-refractivity contribution in [2.24, 2.45) is 11.8 Å². The number of carbonyl (C=O) groups is 3. The number of imidazole rings is 2. The van der Waals surface area contributed by atoms with Gasteiger partial charge in [-0.15, -0.1) is 11.3 Å². The van der Waals surface area contributed by atoms with Crippen molar-refractivity contribution in [1.82, 2.24) is 45.4 Å². The van der Waals surface area contributed by atoms with Crippen LogP contribution in [0, 0.1) is 11.8 Å². The lowest BCUT2D eigenvalue weighted by molar-refractivity contribution is -0.135. The van der Waals surface area contributed by atoms with Crippen LogP contribution in [0.2, 0.25) is 0 Å². The lowest BCUT2D eigenvalue weighted by atomic mass is 9.99. The molecule has 2 aromatic carbocycles. The third-order valence-corrected chi connectivity index (χ3v) is 12.0. The maximum atomic E-state index is 13.7. The Kier molecular flexibility index (Phi) is 11.9. The Balaban J connectivity index is 1.07. The van der Waals surface area contributed by atoms with Crippen molar-refractivity contribution in [3.8, 4) is 33.6 Å². The van der Waals surface area contributed by atoms with E-state index in [9.17, 15) is 19.5 Å². The van der Waals surface area contributed by atoms with Crippen molar-refractivity contribution in [2.75, 3.05) is 27.3 Å². The van der Waals surface area contributed by atoms with Gasteiger partial charge < -0.3 is 40.1 Å². The number of thiazole rings is 1. The molecule has 57 heavy (non-hydrogen) atoms. The average Bonchev–Trinajstić information content (AvgIpc) is 4.07. The van der Waals surface area contributed by atoms with Gasteiger partial charge in [0, 0.05) is 24.2 Å². The van der Waals surface area contributed by atoms with E-state index in [1.165, 1.54) is 14.2 Å². The number of hydrogen-bond donors (Lipinski definition) is 5. The number of benzene rings is 2. The molecule has 5 atom stereocenters. The fourth-order valence-corrected chi connectivity index (χ4v) is 8.94. The number of amides is 3. The van der Waals surface area contributed by atoms with Crippen LogP contribution in [0.25, 0.3) is 43.9 Å². The number of aromatic nitrogens is 5. The van der Waals surface area contributed by atoms with E-state index in [0.717, 1.165) is 75.4 Å². The number of nitrogens with zero attached hydrogens (tertiary/aromatic N) is 5. The van der Waals surface area contributed by atoms with Crippen LogP contribution in [-0.2, 0) is 14.3 Å². The molecule has 16 heteroatoms. The van der Waals surface area contributed by atoms with Crippen LogP contribution in [-0.4, -0.2) is 104 Å². The number of hydrogen-bond acceptors (Lipinski definition) is 11. The minimum Gasteiger partial charge on any atom is -0.453 e. The molecule has 0 bridgehead atoms. The quantitative estimate of drug-likeness (QED) is 0.0917. The van der Waals surface area contributed by atoms with Gasteiger partial charge in [-0.05, 0) is 48.6 Å². The number of likely N-dealkylation sites (tertiary alicyclic amines) is 2. The molecule has 15 nitrogen and oxygen atoms in total. The van der Waals surface area contributed by atoms with Crippen LogP contribution in [0.1, 0.15) is 77.1 Å². The number of ether oxygens (including phenoxy) is 2. The average molecular weight is 798 g/mol. The van der Waals surface area contributed by atoms with E-state index in [4.69, 9.17) is 24.4 Å². The summed E-state index contributed by atoms with van der Waals surface area (Å²) in [6.45, 7) is 8.99. The summed E-state index contributed by atoms with van der Waals surface area (Å²) >= 11 is 1.57. The van der Waals surface area contributed by atoms with Crippen molar-refractivity contribution in [3.63, 3.8) is 0 Å². The van der Waals surface area contributed by atoms with E-state index >= 15 is 0 Å². The third-order valence-electron chi connectivity index (χ3n) is 11.2. The topological polar surface area (TPSA) is 191 Å². The Hall–Kier alpha value is -5.32. The first kappa shape index (κ1) is 39.9. The second-order valence-electron chi connectivity index (χ2n) is 15.4. The Morgan fingerprint density at radius 2 is 1.40 bits per heavy atom.